The quantitative estimate of drug-likeness (QED) is 0.391. The summed E-state index contributed by atoms with van der Waals surface area (Å²) in [6.07, 6.45) is 0. The van der Waals surface area contributed by atoms with E-state index in [1.54, 1.807) is 12.1 Å². The van der Waals surface area contributed by atoms with Crippen molar-refractivity contribution in [1.29, 1.82) is 0 Å². The Morgan fingerprint density at radius 1 is 1.03 bits per heavy atom. The summed E-state index contributed by atoms with van der Waals surface area (Å²) in [4.78, 5) is 16.8. The molecule has 0 saturated carbocycles. The van der Waals surface area contributed by atoms with E-state index in [1.807, 2.05) is 48.5 Å². The second-order valence-electron chi connectivity index (χ2n) is 6.44. The molecule has 0 aliphatic carbocycles. The molecule has 4 aromatic rings. The van der Waals surface area contributed by atoms with Crippen LogP contribution in [0.1, 0.15) is 15.9 Å². The average molecular weight is 456 g/mol. The van der Waals surface area contributed by atoms with Crippen molar-refractivity contribution in [3.8, 4) is 11.5 Å². The maximum Gasteiger partial charge on any atom is 0.258 e. The maximum absolute atomic E-state index is 12.3. The summed E-state index contributed by atoms with van der Waals surface area (Å²) in [5, 5.41) is 6.53. The van der Waals surface area contributed by atoms with E-state index in [0.717, 1.165) is 22.2 Å². The minimum Gasteiger partial charge on any atom is -0.436 e. The van der Waals surface area contributed by atoms with Gasteiger partial charge in [-0.15, -0.1) is 0 Å². The number of rotatable bonds is 4. The van der Waals surface area contributed by atoms with Crippen LogP contribution >= 0.6 is 35.4 Å². The monoisotopic (exact) mass is 455 g/mol. The van der Waals surface area contributed by atoms with Gasteiger partial charge >= 0.3 is 0 Å². The fourth-order valence-corrected chi connectivity index (χ4v) is 3.49. The topological polar surface area (TPSA) is 67.2 Å². The Bertz CT molecular complexity index is 1210. The van der Waals surface area contributed by atoms with E-state index in [0.29, 0.717) is 23.0 Å². The summed E-state index contributed by atoms with van der Waals surface area (Å²) in [7, 11) is 0. The van der Waals surface area contributed by atoms with E-state index in [-0.39, 0.29) is 10.1 Å². The number of para-hydroxylation sites is 2. The fourth-order valence-electron chi connectivity index (χ4n) is 2.83. The number of aromatic nitrogens is 1. The second kappa shape index (κ2) is 8.83. The zero-order chi connectivity index (χ0) is 21.1. The molecular weight excluding hydrogens is 441 g/mol. The molecule has 0 unspecified atom stereocenters. The molecule has 4 rings (SSSR count). The van der Waals surface area contributed by atoms with Gasteiger partial charge in [-0.05, 0) is 60.2 Å². The highest BCUT2D eigenvalue weighted by Gasteiger charge is 2.12. The first-order chi connectivity index (χ1) is 14.5. The van der Waals surface area contributed by atoms with Crippen LogP contribution in [0.15, 0.2) is 71.1 Å². The predicted molar refractivity (Wildman–Crippen MR) is 123 cm³/mol. The van der Waals surface area contributed by atoms with Gasteiger partial charge < -0.3 is 9.73 Å². The van der Waals surface area contributed by atoms with Gasteiger partial charge in [-0.3, -0.25) is 10.1 Å². The van der Waals surface area contributed by atoms with Crippen molar-refractivity contribution < 1.29 is 9.21 Å². The Kier molecular flexibility index (Phi) is 5.99. The normalized spacial score (nSPS) is 10.7. The van der Waals surface area contributed by atoms with Crippen LogP contribution in [0.3, 0.4) is 0 Å². The number of carbonyl (C=O) groups excluding carboxylic acids is 1. The van der Waals surface area contributed by atoms with Gasteiger partial charge in [-0.2, -0.15) is 0 Å². The average Bonchev–Trinajstić information content (AvgIpc) is 3.17. The number of hydrogen-bond acceptors (Lipinski definition) is 4. The minimum atomic E-state index is -0.402. The lowest BCUT2D eigenvalue weighted by Gasteiger charge is -2.11. The van der Waals surface area contributed by atoms with Crippen LogP contribution in [0.4, 0.5) is 0 Å². The van der Waals surface area contributed by atoms with Crippen molar-refractivity contribution >= 4 is 57.5 Å². The summed E-state index contributed by atoms with van der Waals surface area (Å²) in [5.41, 5.74) is 3.73. The third kappa shape index (κ3) is 4.62. The van der Waals surface area contributed by atoms with Gasteiger partial charge in [0.25, 0.3) is 5.91 Å². The first kappa shape index (κ1) is 20.3. The lowest BCUT2D eigenvalue weighted by atomic mass is 10.1. The van der Waals surface area contributed by atoms with Gasteiger partial charge in [0.2, 0.25) is 5.89 Å². The molecule has 0 spiro atoms. The molecule has 150 valence electrons. The fraction of sp³-hybridized carbons (Fsp3) is 0.0455. The Morgan fingerprint density at radius 3 is 2.53 bits per heavy atom. The van der Waals surface area contributed by atoms with Crippen molar-refractivity contribution in [1.82, 2.24) is 15.6 Å². The zero-order valence-electron chi connectivity index (χ0n) is 15.5. The van der Waals surface area contributed by atoms with Crippen molar-refractivity contribution in [2.24, 2.45) is 0 Å². The van der Waals surface area contributed by atoms with Crippen LogP contribution in [-0.4, -0.2) is 16.0 Å². The number of nitrogens with zero attached hydrogens (tertiary/aromatic N) is 1. The highest BCUT2D eigenvalue weighted by Crippen LogP contribution is 2.24. The molecule has 3 aromatic carbocycles. The molecule has 30 heavy (non-hydrogen) atoms. The predicted octanol–water partition coefficient (Wildman–Crippen LogP) is 5.61. The van der Waals surface area contributed by atoms with Gasteiger partial charge in [0.05, 0.1) is 10.6 Å². The molecule has 0 atom stereocenters. The van der Waals surface area contributed by atoms with E-state index >= 15 is 0 Å². The number of amides is 1. The van der Waals surface area contributed by atoms with Crippen LogP contribution in [0.2, 0.25) is 10.0 Å². The maximum atomic E-state index is 12.3. The van der Waals surface area contributed by atoms with E-state index in [1.165, 1.54) is 6.07 Å². The molecule has 5 nitrogen and oxygen atoms in total. The Hall–Kier alpha value is -2.93. The lowest BCUT2D eigenvalue weighted by Crippen LogP contribution is -2.38. The Morgan fingerprint density at radius 2 is 1.80 bits per heavy atom. The standard InChI is InChI=1S/C22H15Cl2N3O2S/c23-15-9-10-16(17(24)11-15)20(28)27-22(30)25-12-13-5-7-14(8-6-13)21-26-18-3-1-2-4-19(18)29-21/h1-11H,12H2,(H2,25,27,28,30). The molecule has 0 aliphatic rings. The third-order valence-corrected chi connectivity index (χ3v) is 5.14. The SMILES string of the molecule is O=C(NC(=S)NCc1ccc(-c2nc3ccccc3o2)cc1)c1ccc(Cl)cc1Cl. The van der Waals surface area contributed by atoms with Crippen LogP contribution in [0.5, 0.6) is 0 Å². The number of thiocarbonyl (C=S) groups is 1. The number of fused-ring (bicyclic) bond motifs is 1. The number of carbonyl (C=O) groups is 1. The number of halogens is 2. The van der Waals surface area contributed by atoms with Crippen LogP contribution in [0, 0.1) is 0 Å². The van der Waals surface area contributed by atoms with Crippen LogP contribution < -0.4 is 10.6 Å². The van der Waals surface area contributed by atoms with E-state index in [4.69, 9.17) is 39.8 Å². The summed E-state index contributed by atoms with van der Waals surface area (Å²) in [5.74, 6) is 0.166. The summed E-state index contributed by atoms with van der Waals surface area (Å²) < 4.78 is 5.78. The number of benzene rings is 3. The largest absolute Gasteiger partial charge is 0.436 e. The molecule has 0 aliphatic heterocycles. The lowest BCUT2D eigenvalue weighted by molar-refractivity contribution is 0.0977. The van der Waals surface area contributed by atoms with Crippen LogP contribution in [0.25, 0.3) is 22.6 Å². The molecule has 1 heterocycles. The van der Waals surface area contributed by atoms with Crippen molar-refractivity contribution in [3.63, 3.8) is 0 Å². The number of nitrogens with one attached hydrogen (secondary N) is 2. The van der Waals surface area contributed by atoms with Crippen molar-refractivity contribution in [2.45, 2.75) is 6.54 Å². The van der Waals surface area contributed by atoms with Gasteiger partial charge in [0.1, 0.15) is 5.52 Å². The van der Waals surface area contributed by atoms with Gasteiger partial charge in [-0.25, -0.2) is 4.98 Å². The zero-order valence-corrected chi connectivity index (χ0v) is 17.8. The highest BCUT2D eigenvalue weighted by atomic mass is 35.5. The molecule has 0 fully saturated rings. The molecule has 8 heteroatoms. The molecule has 2 N–H and O–H groups in total. The number of oxazole rings is 1. The first-order valence-corrected chi connectivity index (χ1v) is 10.1. The third-order valence-electron chi connectivity index (χ3n) is 4.35. The van der Waals surface area contributed by atoms with E-state index in [9.17, 15) is 4.79 Å². The molecular formula is C22H15Cl2N3O2S. The van der Waals surface area contributed by atoms with Crippen LogP contribution in [-0.2, 0) is 6.54 Å². The summed E-state index contributed by atoms with van der Waals surface area (Å²) >= 11 is 17.1. The Balaban J connectivity index is 1.35. The molecule has 0 bridgehead atoms. The smallest absolute Gasteiger partial charge is 0.258 e. The number of hydrogen-bond donors (Lipinski definition) is 2. The summed E-state index contributed by atoms with van der Waals surface area (Å²) in [6, 6.07) is 20.0. The molecule has 0 saturated heterocycles. The molecule has 0 radical (unpaired) electrons. The van der Waals surface area contributed by atoms with Crippen molar-refractivity contribution in [3.05, 3.63) is 87.9 Å². The highest BCUT2D eigenvalue weighted by molar-refractivity contribution is 7.80. The molecule has 1 amide bonds. The second-order valence-corrected chi connectivity index (χ2v) is 7.70. The first-order valence-electron chi connectivity index (χ1n) is 8.99. The van der Waals surface area contributed by atoms with Crippen molar-refractivity contribution in [2.75, 3.05) is 0 Å². The van der Waals surface area contributed by atoms with Gasteiger partial charge in [0, 0.05) is 17.1 Å². The minimum absolute atomic E-state index is 0.203. The molecule has 1 aromatic heterocycles. The summed E-state index contributed by atoms with van der Waals surface area (Å²) in [6.45, 7) is 0.446. The Labute approximate surface area is 188 Å². The van der Waals surface area contributed by atoms with E-state index in [2.05, 4.69) is 15.6 Å². The van der Waals surface area contributed by atoms with Gasteiger partial charge in [-0.1, -0.05) is 47.5 Å². The van der Waals surface area contributed by atoms with Gasteiger partial charge in [0.15, 0.2) is 10.7 Å². The van der Waals surface area contributed by atoms with E-state index < -0.39 is 5.91 Å².